The maximum Gasteiger partial charge on any atom is 0.242 e. The molecule has 0 atom stereocenters. The molecular formula is C7H5BrN2. The van der Waals surface area contributed by atoms with Crippen LogP contribution < -0.4 is 0 Å². The fraction of sp³-hybridized carbons (Fsp3) is 0.143. The first-order valence-electron chi connectivity index (χ1n) is 2.77. The van der Waals surface area contributed by atoms with Crippen molar-refractivity contribution in [3.63, 3.8) is 0 Å². The zero-order valence-electron chi connectivity index (χ0n) is 5.21. The molecule has 0 fully saturated rings. The van der Waals surface area contributed by atoms with Gasteiger partial charge in [-0.05, 0) is 28.1 Å². The van der Waals surface area contributed by atoms with Crippen LogP contribution in [0.4, 0.5) is 0 Å². The zero-order valence-corrected chi connectivity index (χ0v) is 6.80. The first-order chi connectivity index (χ1) is 4.84. The van der Waals surface area contributed by atoms with E-state index in [-0.39, 0.29) is 0 Å². The van der Waals surface area contributed by atoms with Crippen LogP contribution in [0.25, 0.3) is 4.85 Å². The van der Waals surface area contributed by atoms with Crippen molar-refractivity contribution in [1.29, 1.82) is 0 Å². The van der Waals surface area contributed by atoms with E-state index in [1.807, 2.05) is 12.1 Å². The molecule has 0 unspecified atom stereocenters. The Hall–Kier alpha value is -0.880. The maximum atomic E-state index is 6.61. The maximum absolute atomic E-state index is 6.61. The Bertz CT molecular complexity index is 265. The second-order valence-electron chi connectivity index (χ2n) is 1.77. The van der Waals surface area contributed by atoms with Crippen molar-refractivity contribution < 1.29 is 0 Å². The van der Waals surface area contributed by atoms with E-state index in [1.165, 1.54) is 0 Å². The van der Waals surface area contributed by atoms with Crippen LogP contribution >= 0.6 is 15.9 Å². The van der Waals surface area contributed by atoms with Gasteiger partial charge in [0.25, 0.3) is 0 Å². The molecule has 0 aliphatic carbocycles. The number of hydrogen-bond donors (Lipinski definition) is 0. The third-order valence-corrected chi connectivity index (χ3v) is 1.80. The minimum absolute atomic E-state index is 0.397. The molecule has 0 bridgehead atoms. The Balaban J connectivity index is 2.94. The third-order valence-electron chi connectivity index (χ3n) is 1.09. The van der Waals surface area contributed by atoms with Gasteiger partial charge in [0.2, 0.25) is 6.54 Å². The van der Waals surface area contributed by atoms with Crippen molar-refractivity contribution in [3.8, 4) is 0 Å². The third kappa shape index (κ3) is 1.55. The summed E-state index contributed by atoms with van der Waals surface area (Å²) in [7, 11) is 0. The molecule has 1 aromatic rings. The quantitative estimate of drug-likeness (QED) is 0.498. The number of rotatable bonds is 1. The second kappa shape index (κ2) is 3.33. The first kappa shape index (κ1) is 7.23. The van der Waals surface area contributed by atoms with E-state index < -0.39 is 0 Å². The zero-order chi connectivity index (χ0) is 7.40. The Morgan fingerprint density at radius 2 is 2.50 bits per heavy atom. The fourth-order valence-corrected chi connectivity index (χ4v) is 0.998. The van der Waals surface area contributed by atoms with Gasteiger partial charge in [0.05, 0.1) is 5.56 Å². The van der Waals surface area contributed by atoms with Gasteiger partial charge < -0.3 is 4.85 Å². The molecular weight excluding hydrogens is 192 g/mol. The standard InChI is InChI=1S/C7H5BrN2/c1-9-5-6-3-2-4-10-7(6)8/h2-4H,5H2. The lowest BCUT2D eigenvalue weighted by molar-refractivity contribution is 1.15. The van der Waals surface area contributed by atoms with Gasteiger partial charge in [-0.2, -0.15) is 0 Å². The summed E-state index contributed by atoms with van der Waals surface area (Å²) in [6, 6.07) is 3.71. The molecule has 1 rings (SSSR count). The highest BCUT2D eigenvalue weighted by Crippen LogP contribution is 2.12. The van der Waals surface area contributed by atoms with Crippen LogP contribution in [0.2, 0.25) is 0 Å². The van der Waals surface area contributed by atoms with Crippen molar-refractivity contribution in [2.45, 2.75) is 6.54 Å². The van der Waals surface area contributed by atoms with E-state index in [0.717, 1.165) is 10.2 Å². The highest BCUT2D eigenvalue weighted by atomic mass is 79.9. The molecule has 0 saturated heterocycles. The molecule has 0 radical (unpaired) electrons. The van der Waals surface area contributed by atoms with Crippen molar-refractivity contribution in [3.05, 3.63) is 39.9 Å². The predicted octanol–water partition coefficient (Wildman–Crippen LogP) is 2.26. The van der Waals surface area contributed by atoms with Gasteiger partial charge in [-0.25, -0.2) is 11.6 Å². The van der Waals surface area contributed by atoms with Gasteiger partial charge in [-0.15, -0.1) is 0 Å². The molecule has 1 aromatic heterocycles. The van der Waals surface area contributed by atoms with Crippen molar-refractivity contribution in [2.75, 3.05) is 0 Å². The summed E-state index contributed by atoms with van der Waals surface area (Å²) in [6.07, 6.45) is 1.69. The van der Waals surface area contributed by atoms with Crippen LogP contribution in [0.5, 0.6) is 0 Å². The minimum atomic E-state index is 0.397. The van der Waals surface area contributed by atoms with E-state index in [0.29, 0.717) is 6.54 Å². The molecule has 10 heavy (non-hydrogen) atoms. The van der Waals surface area contributed by atoms with Crippen LogP contribution in [0.1, 0.15) is 5.56 Å². The largest absolute Gasteiger partial charge is 0.312 e. The van der Waals surface area contributed by atoms with Gasteiger partial charge in [-0.1, -0.05) is 0 Å². The highest BCUT2D eigenvalue weighted by molar-refractivity contribution is 9.10. The SMILES string of the molecule is [C-]#[N+]Cc1cccnc1Br. The molecule has 0 N–H and O–H groups in total. The molecule has 0 aliphatic rings. The molecule has 0 saturated carbocycles. The molecule has 0 aliphatic heterocycles. The summed E-state index contributed by atoms with van der Waals surface area (Å²) in [5.41, 5.74) is 0.942. The van der Waals surface area contributed by atoms with E-state index in [9.17, 15) is 0 Å². The lowest BCUT2D eigenvalue weighted by atomic mass is 10.3. The Morgan fingerprint density at radius 3 is 3.10 bits per heavy atom. The monoisotopic (exact) mass is 196 g/mol. The molecule has 3 heteroatoms. The van der Waals surface area contributed by atoms with Crippen molar-refractivity contribution in [2.24, 2.45) is 0 Å². The number of aromatic nitrogens is 1. The predicted molar refractivity (Wildman–Crippen MR) is 42.2 cm³/mol. The van der Waals surface area contributed by atoms with E-state index in [2.05, 4.69) is 25.8 Å². The van der Waals surface area contributed by atoms with Gasteiger partial charge in [0.1, 0.15) is 4.60 Å². The summed E-state index contributed by atoms with van der Waals surface area (Å²) in [6.45, 7) is 7.01. The number of nitrogens with zero attached hydrogens (tertiary/aromatic N) is 2. The number of hydrogen-bond acceptors (Lipinski definition) is 1. The summed E-state index contributed by atoms with van der Waals surface area (Å²) in [5, 5.41) is 0. The summed E-state index contributed by atoms with van der Waals surface area (Å²) >= 11 is 3.24. The van der Waals surface area contributed by atoms with Crippen LogP contribution in [0.15, 0.2) is 22.9 Å². The van der Waals surface area contributed by atoms with Gasteiger partial charge in [-0.3, -0.25) is 0 Å². The average molecular weight is 197 g/mol. The molecule has 0 spiro atoms. The van der Waals surface area contributed by atoms with Crippen LogP contribution in [0, 0.1) is 6.57 Å². The molecule has 2 nitrogen and oxygen atoms in total. The molecule has 1 heterocycles. The van der Waals surface area contributed by atoms with Crippen LogP contribution in [0.3, 0.4) is 0 Å². The Labute approximate surface area is 67.9 Å². The van der Waals surface area contributed by atoms with Gasteiger partial charge in [0.15, 0.2) is 0 Å². The number of halogens is 1. The highest BCUT2D eigenvalue weighted by Gasteiger charge is 1.99. The summed E-state index contributed by atoms with van der Waals surface area (Å²) < 4.78 is 0.769. The van der Waals surface area contributed by atoms with Gasteiger partial charge in [0, 0.05) is 6.20 Å². The smallest absolute Gasteiger partial charge is 0.242 e. The van der Waals surface area contributed by atoms with Crippen molar-refractivity contribution in [1.82, 2.24) is 4.98 Å². The fourth-order valence-electron chi connectivity index (χ4n) is 0.622. The average Bonchev–Trinajstić information content (AvgIpc) is 1.94. The molecule has 0 aromatic carbocycles. The first-order valence-corrected chi connectivity index (χ1v) is 3.56. The van der Waals surface area contributed by atoms with Crippen LogP contribution in [-0.2, 0) is 6.54 Å². The second-order valence-corrected chi connectivity index (χ2v) is 2.52. The topological polar surface area (TPSA) is 17.2 Å². The normalized spacial score (nSPS) is 8.80. The Morgan fingerprint density at radius 1 is 1.70 bits per heavy atom. The summed E-state index contributed by atoms with van der Waals surface area (Å²) in [5.74, 6) is 0. The number of pyridine rings is 1. The lowest BCUT2D eigenvalue weighted by Gasteiger charge is -1.92. The minimum Gasteiger partial charge on any atom is -0.312 e. The van der Waals surface area contributed by atoms with E-state index >= 15 is 0 Å². The lowest BCUT2D eigenvalue weighted by Crippen LogP contribution is -1.83. The summed E-state index contributed by atoms with van der Waals surface area (Å²) in [4.78, 5) is 7.22. The Kier molecular flexibility index (Phi) is 2.41. The van der Waals surface area contributed by atoms with E-state index in [1.54, 1.807) is 6.20 Å². The molecule has 50 valence electrons. The van der Waals surface area contributed by atoms with E-state index in [4.69, 9.17) is 6.57 Å². The van der Waals surface area contributed by atoms with Crippen molar-refractivity contribution >= 4 is 15.9 Å². The van der Waals surface area contributed by atoms with Crippen LogP contribution in [-0.4, -0.2) is 4.98 Å². The van der Waals surface area contributed by atoms with Gasteiger partial charge >= 0.3 is 0 Å². The molecule has 0 amide bonds.